The second-order valence-corrected chi connectivity index (χ2v) is 4.92. The molecule has 0 bridgehead atoms. The van der Waals surface area contributed by atoms with Crippen molar-refractivity contribution >= 4 is 27.8 Å². The third kappa shape index (κ3) is 3.64. The number of carbonyl (C=O) groups excluding carboxylic acids is 1. The normalized spacial score (nSPS) is 11.8. The summed E-state index contributed by atoms with van der Waals surface area (Å²) >= 11 is 3.21. The molecule has 20 heavy (non-hydrogen) atoms. The molecule has 8 heteroatoms. The van der Waals surface area contributed by atoms with Gasteiger partial charge in [-0.3, -0.25) is 4.79 Å². The minimum atomic E-state index is -1.12. The molecule has 104 valence electrons. The van der Waals surface area contributed by atoms with Gasteiger partial charge in [-0.15, -0.1) is 0 Å². The first kappa shape index (κ1) is 14.2. The molecule has 0 radical (unpaired) electrons. The minimum Gasteiger partial charge on any atom is -0.480 e. The topological polar surface area (TPSA) is 108 Å². The Labute approximate surface area is 122 Å². The van der Waals surface area contributed by atoms with E-state index in [-0.39, 0.29) is 12.1 Å². The summed E-state index contributed by atoms with van der Waals surface area (Å²) in [7, 11) is 0. The van der Waals surface area contributed by atoms with E-state index in [1.807, 2.05) is 0 Å². The summed E-state index contributed by atoms with van der Waals surface area (Å²) in [5.74, 6) is -1.66. The van der Waals surface area contributed by atoms with Crippen molar-refractivity contribution in [2.45, 2.75) is 12.5 Å². The monoisotopic (exact) mass is 338 g/mol. The van der Waals surface area contributed by atoms with E-state index >= 15 is 0 Å². The first-order valence-electron chi connectivity index (χ1n) is 5.68. The summed E-state index contributed by atoms with van der Waals surface area (Å²) in [6.45, 7) is 0. The maximum atomic E-state index is 11.9. The number of rotatable bonds is 5. The van der Waals surface area contributed by atoms with Gasteiger partial charge < -0.3 is 15.4 Å². The van der Waals surface area contributed by atoms with E-state index in [1.165, 1.54) is 24.8 Å². The van der Waals surface area contributed by atoms with Crippen LogP contribution in [-0.4, -0.2) is 38.0 Å². The summed E-state index contributed by atoms with van der Waals surface area (Å²) in [5, 5.41) is 11.6. The van der Waals surface area contributed by atoms with Crippen LogP contribution in [0.1, 0.15) is 16.2 Å². The molecule has 0 spiro atoms. The molecule has 2 aromatic rings. The SMILES string of the molecule is O=C(NC(Cc1cnc[nH]1)C(=O)O)c1ccc(Br)cn1. The number of nitrogens with zero attached hydrogens (tertiary/aromatic N) is 2. The molecule has 0 saturated carbocycles. The minimum absolute atomic E-state index is 0.123. The average molecular weight is 339 g/mol. The van der Waals surface area contributed by atoms with Gasteiger partial charge in [-0.05, 0) is 28.1 Å². The number of nitrogens with one attached hydrogen (secondary N) is 2. The zero-order valence-corrected chi connectivity index (χ0v) is 11.8. The summed E-state index contributed by atoms with van der Waals surface area (Å²) in [4.78, 5) is 33.6. The lowest BCUT2D eigenvalue weighted by Crippen LogP contribution is -2.42. The summed E-state index contributed by atoms with van der Waals surface area (Å²) in [6, 6.07) is 2.12. The fourth-order valence-corrected chi connectivity index (χ4v) is 1.79. The van der Waals surface area contributed by atoms with Crippen molar-refractivity contribution in [2.24, 2.45) is 0 Å². The zero-order valence-electron chi connectivity index (χ0n) is 10.2. The molecule has 1 atom stereocenters. The fourth-order valence-electron chi connectivity index (χ4n) is 1.56. The van der Waals surface area contributed by atoms with Crippen LogP contribution in [0.5, 0.6) is 0 Å². The van der Waals surface area contributed by atoms with Crippen molar-refractivity contribution in [1.82, 2.24) is 20.3 Å². The standard InChI is InChI=1S/C12H11BrN4O3/c13-7-1-2-9(15-4-7)11(18)17-10(12(19)20)3-8-5-14-6-16-8/h1-2,4-6,10H,3H2,(H,14,16)(H,17,18)(H,19,20). The van der Waals surface area contributed by atoms with Gasteiger partial charge in [0.25, 0.3) is 5.91 Å². The summed E-state index contributed by atoms with van der Waals surface area (Å²) < 4.78 is 0.737. The highest BCUT2D eigenvalue weighted by atomic mass is 79.9. The van der Waals surface area contributed by atoms with Gasteiger partial charge in [-0.2, -0.15) is 0 Å². The highest BCUT2D eigenvalue weighted by Gasteiger charge is 2.22. The number of pyridine rings is 1. The van der Waals surface area contributed by atoms with Crippen molar-refractivity contribution < 1.29 is 14.7 Å². The number of aromatic nitrogens is 3. The summed E-state index contributed by atoms with van der Waals surface area (Å²) in [5.41, 5.74) is 0.783. The molecule has 3 N–H and O–H groups in total. The number of halogens is 1. The van der Waals surface area contributed by atoms with Crippen LogP contribution >= 0.6 is 15.9 Å². The van der Waals surface area contributed by atoms with Gasteiger partial charge in [0.1, 0.15) is 11.7 Å². The van der Waals surface area contributed by atoms with Crippen molar-refractivity contribution in [3.63, 3.8) is 0 Å². The van der Waals surface area contributed by atoms with Crippen LogP contribution in [-0.2, 0) is 11.2 Å². The molecule has 0 aliphatic carbocycles. The van der Waals surface area contributed by atoms with Gasteiger partial charge in [-0.25, -0.2) is 14.8 Å². The van der Waals surface area contributed by atoms with Gasteiger partial charge in [0.2, 0.25) is 0 Å². The average Bonchev–Trinajstić information content (AvgIpc) is 2.91. The smallest absolute Gasteiger partial charge is 0.326 e. The fraction of sp³-hybridized carbons (Fsp3) is 0.167. The maximum absolute atomic E-state index is 11.9. The molecule has 0 aromatic carbocycles. The van der Waals surface area contributed by atoms with Gasteiger partial charge in [0, 0.05) is 29.0 Å². The molecule has 2 aromatic heterocycles. The van der Waals surface area contributed by atoms with Crippen LogP contribution in [0.4, 0.5) is 0 Å². The molecule has 2 rings (SSSR count). The van der Waals surface area contributed by atoms with E-state index in [0.717, 1.165) is 4.47 Å². The van der Waals surface area contributed by atoms with Crippen LogP contribution < -0.4 is 5.32 Å². The van der Waals surface area contributed by atoms with Gasteiger partial charge in [0.15, 0.2) is 0 Å². The predicted molar refractivity (Wildman–Crippen MR) is 73.1 cm³/mol. The van der Waals surface area contributed by atoms with Crippen molar-refractivity contribution in [3.05, 3.63) is 46.7 Å². The Hall–Kier alpha value is -2.22. The molecular weight excluding hydrogens is 328 g/mol. The predicted octanol–water partition coefficient (Wildman–Crippen LogP) is 0.993. The van der Waals surface area contributed by atoms with Gasteiger partial charge in [-0.1, -0.05) is 0 Å². The van der Waals surface area contributed by atoms with Gasteiger partial charge in [0.05, 0.1) is 6.33 Å². The Morgan fingerprint density at radius 2 is 2.20 bits per heavy atom. The van der Waals surface area contributed by atoms with E-state index < -0.39 is 17.9 Å². The van der Waals surface area contributed by atoms with Crippen LogP contribution in [0.3, 0.4) is 0 Å². The first-order valence-corrected chi connectivity index (χ1v) is 6.48. The molecule has 0 fully saturated rings. The Kier molecular flexibility index (Phi) is 4.46. The number of amides is 1. The quantitative estimate of drug-likeness (QED) is 0.753. The highest BCUT2D eigenvalue weighted by molar-refractivity contribution is 9.10. The van der Waals surface area contributed by atoms with Crippen molar-refractivity contribution in [1.29, 1.82) is 0 Å². The van der Waals surface area contributed by atoms with Gasteiger partial charge >= 0.3 is 5.97 Å². The van der Waals surface area contributed by atoms with E-state index in [9.17, 15) is 9.59 Å². The lowest BCUT2D eigenvalue weighted by Gasteiger charge is -2.13. The van der Waals surface area contributed by atoms with E-state index in [0.29, 0.717) is 5.69 Å². The second kappa shape index (κ2) is 6.29. The highest BCUT2D eigenvalue weighted by Crippen LogP contribution is 2.08. The Morgan fingerprint density at radius 1 is 1.40 bits per heavy atom. The molecule has 0 saturated heterocycles. The molecule has 7 nitrogen and oxygen atoms in total. The Morgan fingerprint density at radius 3 is 2.75 bits per heavy atom. The van der Waals surface area contributed by atoms with E-state index in [4.69, 9.17) is 5.11 Å². The van der Waals surface area contributed by atoms with Crippen LogP contribution in [0.2, 0.25) is 0 Å². The number of H-pyrrole nitrogens is 1. The van der Waals surface area contributed by atoms with Crippen LogP contribution in [0.15, 0.2) is 35.3 Å². The first-order chi connectivity index (χ1) is 9.56. The third-order valence-electron chi connectivity index (χ3n) is 2.54. The van der Waals surface area contributed by atoms with E-state index in [1.54, 1.807) is 6.07 Å². The molecule has 1 unspecified atom stereocenters. The molecule has 2 heterocycles. The van der Waals surface area contributed by atoms with Crippen molar-refractivity contribution in [2.75, 3.05) is 0 Å². The summed E-state index contributed by atoms with van der Waals surface area (Å²) in [6.07, 6.45) is 4.56. The number of aromatic amines is 1. The lowest BCUT2D eigenvalue weighted by molar-refractivity contribution is -0.139. The number of imidazole rings is 1. The third-order valence-corrected chi connectivity index (χ3v) is 3.01. The number of aliphatic carboxylic acids is 1. The molecule has 0 aliphatic rings. The number of carbonyl (C=O) groups is 2. The number of hydrogen-bond acceptors (Lipinski definition) is 4. The number of hydrogen-bond donors (Lipinski definition) is 3. The molecule has 1 amide bonds. The second-order valence-electron chi connectivity index (χ2n) is 4.01. The molecule has 0 aliphatic heterocycles. The maximum Gasteiger partial charge on any atom is 0.326 e. The van der Waals surface area contributed by atoms with E-state index in [2.05, 4.69) is 36.2 Å². The van der Waals surface area contributed by atoms with Crippen molar-refractivity contribution in [3.8, 4) is 0 Å². The largest absolute Gasteiger partial charge is 0.480 e. The number of carboxylic acid groups (broad SMARTS) is 1. The zero-order chi connectivity index (χ0) is 14.5. The Balaban J connectivity index is 2.06. The van der Waals surface area contributed by atoms with Crippen LogP contribution in [0.25, 0.3) is 0 Å². The number of carboxylic acids is 1. The Bertz CT molecular complexity index is 598. The van der Waals surface area contributed by atoms with Crippen LogP contribution in [0, 0.1) is 0 Å². The molecular formula is C12H11BrN4O3. The lowest BCUT2D eigenvalue weighted by atomic mass is 10.1.